The number of hydrogen-bond acceptors (Lipinski definition) is 6. The van der Waals surface area contributed by atoms with Crippen molar-refractivity contribution < 1.29 is 19.8 Å². The Bertz CT molecular complexity index is 820. The summed E-state index contributed by atoms with van der Waals surface area (Å²) >= 11 is 0. The van der Waals surface area contributed by atoms with Crippen LogP contribution in [0.2, 0.25) is 0 Å². The SMILES string of the molecule is C=c1c(O)c(C(C)(C)CC(=O)NCCN)c(=C)c(O)c1C(C)(C)CC(=O)NCCN. The molecular formula is C22H36N4O4. The highest BCUT2D eigenvalue weighted by Crippen LogP contribution is 2.36. The second-order valence-corrected chi connectivity index (χ2v) is 8.80. The zero-order valence-electron chi connectivity index (χ0n) is 18.5. The number of rotatable bonds is 10. The average Bonchev–Trinajstić information content (AvgIpc) is 2.62. The monoisotopic (exact) mass is 420 g/mol. The van der Waals surface area contributed by atoms with Crippen LogP contribution in [-0.2, 0) is 20.4 Å². The van der Waals surface area contributed by atoms with Gasteiger partial charge in [-0.25, -0.2) is 0 Å². The zero-order chi connectivity index (χ0) is 23.3. The Morgan fingerprint density at radius 2 is 1.10 bits per heavy atom. The van der Waals surface area contributed by atoms with Crippen LogP contribution in [0.25, 0.3) is 13.2 Å². The predicted octanol–water partition coefficient (Wildman–Crippen LogP) is -0.596. The Morgan fingerprint density at radius 1 is 0.800 bits per heavy atom. The highest BCUT2D eigenvalue weighted by Gasteiger charge is 2.34. The number of carbonyl (C=O) groups is 2. The molecule has 0 aliphatic carbocycles. The Morgan fingerprint density at radius 3 is 1.37 bits per heavy atom. The lowest BCUT2D eigenvalue weighted by molar-refractivity contribution is -0.123. The van der Waals surface area contributed by atoms with E-state index in [1.165, 1.54) is 0 Å². The van der Waals surface area contributed by atoms with Crippen LogP contribution in [0.5, 0.6) is 11.5 Å². The molecule has 0 fully saturated rings. The van der Waals surface area contributed by atoms with Gasteiger partial charge < -0.3 is 32.3 Å². The summed E-state index contributed by atoms with van der Waals surface area (Å²) in [5.74, 6) is -0.731. The van der Waals surface area contributed by atoms with Crippen LogP contribution in [0.3, 0.4) is 0 Å². The number of carbonyl (C=O) groups excluding carboxylic acids is 2. The molecule has 0 radical (unpaired) electrons. The zero-order valence-corrected chi connectivity index (χ0v) is 18.5. The summed E-state index contributed by atoms with van der Waals surface area (Å²) in [4.78, 5) is 24.4. The van der Waals surface area contributed by atoms with Crippen molar-refractivity contribution in [2.24, 2.45) is 11.5 Å². The van der Waals surface area contributed by atoms with Crippen molar-refractivity contribution in [3.63, 3.8) is 0 Å². The van der Waals surface area contributed by atoms with E-state index in [1.807, 2.05) is 0 Å². The summed E-state index contributed by atoms with van der Waals surface area (Å²) < 4.78 is 0. The fourth-order valence-electron chi connectivity index (χ4n) is 3.81. The average molecular weight is 421 g/mol. The molecule has 1 rings (SSSR count). The Balaban J connectivity index is 3.42. The smallest absolute Gasteiger partial charge is 0.220 e. The fourth-order valence-corrected chi connectivity index (χ4v) is 3.81. The molecule has 0 aliphatic heterocycles. The minimum Gasteiger partial charge on any atom is -0.507 e. The molecule has 2 amide bonds. The van der Waals surface area contributed by atoms with Gasteiger partial charge in [0.05, 0.1) is 0 Å². The first-order chi connectivity index (χ1) is 13.8. The van der Waals surface area contributed by atoms with Gasteiger partial charge in [-0.2, -0.15) is 0 Å². The van der Waals surface area contributed by atoms with Crippen LogP contribution < -0.4 is 32.5 Å². The summed E-state index contributed by atoms with van der Waals surface area (Å²) in [6.07, 6.45) is 0.123. The van der Waals surface area contributed by atoms with Gasteiger partial charge in [-0.3, -0.25) is 9.59 Å². The molecule has 8 heteroatoms. The first-order valence-corrected chi connectivity index (χ1v) is 10.0. The third kappa shape index (κ3) is 5.73. The number of hydrogen-bond donors (Lipinski definition) is 6. The molecule has 0 bridgehead atoms. The van der Waals surface area contributed by atoms with Gasteiger partial charge in [0.2, 0.25) is 11.8 Å². The molecule has 1 aromatic rings. The number of benzene rings is 1. The lowest BCUT2D eigenvalue weighted by Crippen LogP contribution is -2.40. The number of amides is 2. The van der Waals surface area contributed by atoms with Crippen molar-refractivity contribution in [3.8, 4) is 11.5 Å². The molecule has 0 unspecified atom stereocenters. The van der Waals surface area contributed by atoms with Gasteiger partial charge in [0.1, 0.15) is 11.5 Å². The highest BCUT2D eigenvalue weighted by atomic mass is 16.3. The van der Waals surface area contributed by atoms with Crippen molar-refractivity contribution in [1.82, 2.24) is 10.6 Å². The van der Waals surface area contributed by atoms with Gasteiger partial charge in [0.15, 0.2) is 0 Å². The summed E-state index contributed by atoms with van der Waals surface area (Å²) in [5, 5.41) is 27.8. The molecule has 0 heterocycles. The molecule has 168 valence electrons. The van der Waals surface area contributed by atoms with E-state index in [1.54, 1.807) is 27.7 Å². The fraction of sp³-hybridized carbons (Fsp3) is 0.545. The van der Waals surface area contributed by atoms with Crippen LogP contribution in [0.1, 0.15) is 51.7 Å². The maximum atomic E-state index is 12.2. The standard InChI is InChI=1S/C22H36N4O4/c1-13-17(21(3,4)11-15(27)25-9-7-23)20(30)14(2)18(19(13)29)22(5,6)12-16(28)26-10-8-24/h29-30H,1-2,7-12,23-24H2,3-6H3,(H,25,27)(H,26,28). The van der Waals surface area contributed by atoms with E-state index in [0.29, 0.717) is 37.3 Å². The second kappa shape index (κ2) is 9.95. The molecule has 1 aromatic carbocycles. The molecule has 0 saturated carbocycles. The van der Waals surface area contributed by atoms with Crippen molar-refractivity contribution in [2.75, 3.05) is 26.2 Å². The molecule has 0 spiro atoms. The van der Waals surface area contributed by atoms with Gasteiger partial charge in [-0.15, -0.1) is 0 Å². The van der Waals surface area contributed by atoms with E-state index < -0.39 is 10.8 Å². The quantitative estimate of drug-likeness (QED) is 0.278. The van der Waals surface area contributed by atoms with E-state index in [2.05, 4.69) is 23.8 Å². The van der Waals surface area contributed by atoms with Gasteiger partial charge in [0, 0.05) is 71.4 Å². The van der Waals surface area contributed by atoms with Gasteiger partial charge in [-0.05, 0) is 0 Å². The minimum absolute atomic E-state index is 0.0617. The van der Waals surface area contributed by atoms with Gasteiger partial charge in [-0.1, -0.05) is 40.9 Å². The molecule has 0 aromatic heterocycles. The number of nitrogens with one attached hydrogen (secondary N) is 2. The molecule has 8 N–H and O–H groups in total. The molecular weight excluding hydrogens is 384 g/mol. The Hall–Kier alpha value is -2.58. The lowest BCUT2D eigenvalue weighted by atomic mass is 9.74. The number of phenols is 2. The third-order valence-electron chi connectivity index (χ3n) is 5.14. The summed E-state index contributed by atoms with van der Waals surface area (Å²) in [6, 6.07) is 0. The van der Waals surface area contributed by atoms with Crippen LogP contribution in [0.15, 0.2) is 0 Å². The van der Waals surface area contributed by atoms with E-state index in [-0.39, 0.29) is 46.6 Å². The van der Waals surface area contributed by atoms with Gasteiger partial charge in [0.25, 0.3) is 0 Å². The van der Waals surface area contributed by atoms with Crippen LogP contribution in [0, 0.1) is 0 Å². The maximum Gasteiger partial charge on any atom is 0.220 e. The predicted molar refractivity (Wildman–Crippen MR) is 119 cm³/mol. The van der Waals surface area contributed by atoms with Gasteiger partial charge >= 0.3 is 0 Å². The maximum absolute atomic E-state index is 12.2. The van der Waals surface area contributed by atoms with Crippen LogP contribution in [0.4, 0.5) is 0 Å². The molecule has 0 saturated heterocycles. The highest BCUT2D eigenvalue weighted by molar-refractivity contribution is 5.79. The van der Waals surface area contributed by atoms with Crippen LogP contribution in [-0.4, -0.2) is 48.2 Å². The molecule has 0 aliphatic rings. The van der Waals surface area contributed by atoms with Crippen molar-refractivity contribution in [3.05, 3.63) is 21.6 Å². The normalized spacial score (nSPS) is 11.9. The minimum atomic E-state index is -0.828. The topological polar surface area (TPSA) is 151 Å². The van der Waals surface area contributed by atoms with E-state index in [9.17, 15) is 19.8 Å². The first kappa shape index (κ1) is 25.5. The first-order valence-electron chi connectivity index (χ1n) is 10.0. The van der Waals surface area contributed by atoms with Crippen molar-refractivity contribution in [2.45, 2.75) is 51.4 Å². The van der Waals surface area contributed by atoms with Crippen molar-refractivity contribution >= 4 is 25.0 Å². The molecule has 8 nitrogen and oxygen atoms in total. The van der Waals surface area contributed by atoms with Crippen molar-refractivity contribution in [1.29, 1.82) is 0 Å². The second-order valence-electron chi connectivity index (χ2n) is 8.80. The molecule has 0 atom stereocenters. The number of phenolic OH excluding ortho intramolecular Hbond substituents is 2. The number of nitrogens with two attached hydrogens (primary N) is 2. The Labute approximate surface area is 178 Å². The van der Waals surface area contributed by atoms with E-state index in [4.69, 9.17) is 11.5 Å². The van der Waals surface area contributed by atoms with E-state index >= 15 is 0 Å². The summed E-state index contributed by atoms with van der Waals surface area (Å²) in [7, 11) is 0. The summed E-state index contributed by atoms with van der Waals surface area (Å²) in [5.41, 5.74) is 9.87. The van der Waals surface area contributed by atoms with E-state index in [0.717, 1.165) is 0 Å². The Kier molecular flexibility index (Phi) is 8.44. The number of aromatic hydroxyl groups is 2. The van der Waals surface area contributed by atoms with Crippen LogP contribution >= 0.6 is 0 Å². The lowest BCUT2D eigenvalue weighted by Gasteiger charge is -2.31. The molecule has 30 heavy (non-hydrogen) atoms. The summed E-state index contributed by atoms with van der Waals surface area (Å²) in [6.45, 7) is 16.4. The third-order valence-corrected chi connectivity index (χ3v) is 5.14. The largest absolute Gasteiger partial charge is 0.507 e.